The molecular weight excluding hydrogens is 544 g/mol. The maximum atomic E-state index is 10.9. The normalized spacial score (nSPS) is 26.5. The number of rotatable bonds is 10. The third-order valence-corrected chi connectivity index (χ3v) is 7.91. The van der Waals surface area contributed by atoms with E-state index in [-0.39, 0.29) is 25.9 Å². The van der Waals surface area contributed by atoms with Crippen molar-refractivity contribution in [2.24, 2.45) is 5.92 Å². The Morgan fingerprint density at radius 2 is 1.70 bits per heavy atom. The van der Waals surface area contributed by atoms with Gasteiger partial charge in [0.15, 0.2) is 12.4 Å². The molecule has 3 fully saturated rings. The molecular formula is C29H35ClO10. The summed E-state index contributed by atoms with van der Waals surface area (Å²) in [5.74, 6) is -0.419. The molecule has 5 rings (SSSR count). The van der Waals surface area contributed by atoms with Gasteiger partial charge >= 0.3 is 0 Å². The van der Waals surface area contributed by atoms with Crippen molar-refractivity contribution in [1.29, 1.82) is 0 Å². The van der Waals surface area contributed by atoms with Crippen LogP contribution in [0.15, 0.2) is 42.5 Å². The van der Waals surface area contributed by atoms with E-state index in [9.17, 15) is 4.79 Å². The molecule has 218 valence electrons. The van der Waals surface area contributed by atoms with Crippen LogP contribution in [0.25, 0.3) is 6.08 Å². The second kappa shape index (κ2) is 13.4. The molecule has 2 aromatic rings. The molecule has 1 spiro atoms. The zero-order valence-corrected chi connectivity index (χ0v) is 23.0. The standard InChI is InChI=1S/C25H27ClO7.C4H8O3/c1-29-25(24(32-33-25)13-3-2-4-14-24)21-12-9-19(6-5-15-27)23(22(21)26)30-16-18-7-10-20(11-8-18)31-17-28;5-1-2-3(6)4(2)7/h5-12,15,28H,2-4,13-14,16-17H2,1H3;2-7H,1H2/b6-5+;. The number of hydrogen-bond acceptors (Lipinski definition) is 10. The number of methoxy groups -OCH3 is 1. The third kappa shape index (κ3) is 6.05. The topological polar surface area (TPSA) is 144 Å². The van der Waals surface area contributed by atoms with Crippen molar-refractivity contribution >= 4 is 24.0 Å². The van der Waals surface area contributed by atoms with Gasteiger partial charge in [0.05, 0.1) is 23.8 Å². The third-order valence-electron chi connectivity index (χ3n) is 7.54. The molecule has 0 amide bonds. The highest BCUT2D eigenvalue weighted by Gasteiger charge is 2.67. The first-order valence-corrected chi connectivity index (χ1v) is 13.5. The summed E-state index contributed by atoms with van der Waals surface area (Å²) >= 11 is 6.89. The van der Waals surface area contributed by atoms with Crippen molar-refractivity contribution in [1.82, 2.24) is 0 Å². The zero-order chi connectivity index (χ0) is 28.8. The van der Waals surface area contributed by atoms with E-state index in [0.29, 0.717) is 33.9 Å². The molecule has 0 bridgehead atoms. The molecule has 10 nitrogen and oxygen atoms in total. The van der Waals surface area contributed by atoms with E-state index in [0.717, 1.165) is 37.7 Å². The van der Waals surface area contributed by atoms with E-state index in [4.69, 9.17) is 56.0 Å². The van der Waals surface area contributed by atoms with Crippen LogP contribution in [0.3, 0.4) is 0 Å². The lowest BCUT2D eigenvalue weighted by Gasteiger charge is -2.56. The summed E-state index contributed by atoms with van der Waals surface area (Å²) in [6, 6.07) is 10.8. The van der Waals surface area contributed by atoms with Crippen molar-refractivity contribution in [2.45, 2.75) is 62.3 Å². The van der Waals surface area contributed by atoms with Gasteiger partial charge in [0.2, 0.25) is 0 Å². The fourth-order valence-corrected chi connectivity index (χ4v) is 5.45. The maximum Gasteiger partial charge on any atom is 0.261 e. The minimum Gasteiger partial charge on any atom is -0.487 e. The lowest BCUT2D eigenvalue weighted by Crippen LogP contribution is -2.66. The first-order valence-electron chi connectivity index (χ1n) is 13.2. The Hall–Kier alpha value is -2.54. The van der Waals surface area contributed by atoms with Gasteiger partial charge in [-0.3, -0.25) is 4.79 Å². The Balaban J connectivity index is 0.000000461. The summed E-state index contributed by atoms with van der Waals surface area (Å²) in [5.41, 5.74) is 1.56. The van der Waals surface area contributed by atoms with E-state index in [1.165, 1.54) is 6.08 Å². The SMILES string of the molecule is COC1(c2ccc(/C=C/C=O)c(OCc3ccc(OCO)cc3)c2Cl)OOC12CCCCC2.OCC1C(O)C1O. The summed E-state index contributed by atoms with van der Waals surface area (Å²) in [6.45, 7) is -0.269. The molecule has 3 atom stereocenters. The molecule has 40 heavy (non-hydrogen) atoms. The molecule has 0 aromatic heterocycles. The van der Waals surface area contributed by atoms with Crippen LogP contribution in [-0.4, -0.2) is 65.0 Å². The van der Waals surface area contributed by atoms with E-state index >= 15 is 0 Å². The fraction of sp³-hybridized carbons (Fsp3) is 0.483. The van der Waals surface area contributed by atoms with E-state index in [2.05, 4.69) is 0 Å². The van der Waals surface area contributed by atoms with Gasteiger partial charge in [-0.2, -0.15) is 4.89 Å². The first-order chi connectivity index (χ1) is 19.4. The van der Waals surface area contributed by atoms with Crippen LogP contribution in [0.5, 0.6) is 11.5 Å². The Morgan fingerprint density at radius 3 is 2.20 bits per heavy atom. The van der Waals surface area contributed by atoms with Gasteiger partial charge in [0, 0.05) is 24.2 Å². The van der Waals surface area contributed by atoms with Gasteiger partial charge < -0.3 is 34.6 Å². The molecule has 3 unspecified atom stereocenters. The molecule has 1 heterocycles. The van der Waals surface area contributed by atoms with Crippen LogP contribution in [-0.2, 0) is 31.7 Å². The fourth-order valence-electron chi connectivity index (χ4n) is 5.10. The molecule has 2 aromatic carbocycles. The van der Waals surface area contributed by atoms with Gasteiger partial charge in [-0.1, -0.05) is 55.1 Å². The van der Waals surface area contributed by atoms with Crippen molar-refractivity contribution < 1.29 is 49.2 Å². The number of carbonyl (C=O) groups excluding carboxylic acids is 1. The van der Waals surface area contributed by atoms with E-state index in [1.54, 1.807) is 25.3 Å². The molecule has 11 heteroatoms. The van der Waals surface area contributed by atoms with E-state index < -0.39 is 23.6 Å². The van der Waals surface area contributed by atoms with Crippen molar-refractivity contribution in [3.8, 4) is 11.5 Å². The summed E-state index contributed by atoms with van der Waals surface area (Å²) in [4.78, 5) is 22.2. The van der Waals surface area contributed by atoms with Crippen molar-refractivity contribution in [3.63, 3.8) is 0 Å². The van der Waals surface area contributed by atoms with Crippen molar-refractivity contribution in [3.05, 3.63) is 64.2 Å². The molecule has 4 N–H and O–H groups in total. The molecule has 1 aliphatic heterocycles. The maximum absolute atomic E-state index is 10.9. The molecule has 0 radical (unpaired) electrons. The summed E-state index contributed by atoms with van der Waals surface area (Å²) in [6.07, 6.45) is 7.20. The highest BCUT2D eigenvalue weighted by Crippen LogP contribution is 2.58. The van der Waals surface area contributed by atoms with Crippen LogP contribution in [0, 0.1) is 5.92 Å². The minimum absolute atomic E-state index is 0.109. The van der Waals surface area contributed by atoms with Crippen LogP contribution in [0.2, 0.25) is 5.02 Å². The Bertz CT molecular complexity index is 1150. The Kier molecular flexibility index (Phi) is 10.2. The van der Waals surface area contributed by atoms with Crippen LogP contribution < -0.4 is 9.47 Å². The highest BCUT2D eigenvalue weighted by atomic mass is 35.5. The number of allylic oxidation sites excluding steroid dienone is 1. The average Bonchev–Trinajstić information content (AvgIpc) is 3.57. The number of aliphatic hydroxyl groups excluding tert-OH is 4. The smallest absolute Gasteiger partial charge is 0.261 e. The summed E-state index contributed by atoms with van der Waals surface area (Å²) in [7, 11) is 1.59. The second-order valence-electron chi connectivity index (χ2n) is 9.92. The zero-order valence-electron chi connectivity index (χ0n) is 22.2. The molecule has 2 aliphatic carbocycles. The minimum atomic E-state index is -1.13. The van der Waals surface area contributed by atoms with Crippen LogP contribution in [0.1, 0.15) is 48.8 Å². The van der Waals surface area contributed by atoms with Gasteiger partial charge in [-0.15, -0.1) is 0 Å². The summed E-state index contributed by atoms with van der Waals surface area (Å²) < 4.78 is 17.1. The number of benzene rings is 2. The second-order valence-corrected chi connectivity index (χ2v) is 10.3. The quantitative estimate of drug-likeness (QED) is 0.143. The monoisotopic (exact) mass is 578 g/mol. The first kappa shape index (κ1) is 30.4. The van der Waals surface area contributed by atoms with Crippen molar-refractivity contribution in [2.75, 3.05) is 20.5 Å². The number of ether oxygens (including phenoxy) is 3. The Labute approximate surface area is 237 Å². The number of aldehydes is 1. The number of carbonyl (C=O) groups is 1. The lowest BCUT2D eigenvalue weighted by molar-refractivity contribution is -0.622. The predicted molar refractivity (Wildman–Crippen MR) is 144 cm³/mol. The largest absolute Gasteiger partial charge is 0.487 e. The van der Waals surface area contributed by atoms with Gasteiger partial charge in [-0.05, 0) is 42.7 Å². The Morgan fingerprint density at radius 1 is 1.00 bits per heavy atom. The molecule has 2 saturated carbocycles. The number of aliphatic hydroxyl groups is 4. The highest BCUT2D eigenvalue weighted by molar-refractivity contribution is 6.33. The van der Waals surface area contributed by atoms with E-state index in [1.807, 2.05) is 24.3 Å². The predicted octanol–water partition coefficient (Wildman–Crippen LogP) is 3.25. The lowest BCUT2D eigenvalue weighted by atomic mass is 9.74. The summed E-state index contributed by atoms with van der Waals surface area (Å²) in [5, 5.41) is 34.4. The molecule has 1 saturated heterocycles. The average molecular weight is 579 g/mol. The van der Waals surface area contributed by atoms with Gasteiger partial charge in [0.1, 0.15) is 24.4 Å². The van der Waals surface area contributed by atoms with Gasteiger partial charge in [0.25, 0.3) is 5.79 Å². The molecule has 3 aliphatic rings. The van der Waals surface area contributed by atoms with Gasteiger partial charge in [-0.25, -0.2) is 4.89 Å². The number of hydrogen-bond donors (Lipinski definition) is 4. The van der Waals surface area contributed by atoms with Crippen LogP contribution >= 0.6 is 11.6 Å². The van der Waals surface area contributed by atoms with Crippen LogP contribution in [0.4, 0.5) is 0 Å². The number of halogens is 1.